The molecule has 0 saturated carbocycles. The summed E-state index contributed by atoms with van der Waals surface area (Å²) < 4.78 is 0. The monoisotopic (exact) mass is 310 g/mol. The zero-order valence-electron chi connectivity index (χ0n) is 10.6. The number of rotatable bonds is 1. The lowest BCUT2D eigenvalue weighted by molar-refractivity contribution is 0.700. The van der Waals surface area contributed by atoms with Gasteiger partial charge in [0, 0.05) is 4.88 Å². The number of thiophene rings is 1. The number of hydrogen-bond acceptors (Lipinski definition) is 4. The molecule has 0 amide bonds. The average molecular weight is 311 g/mol. The quantitative estimate of drug-likeness (QED) is 0.708. The van der Waals surface area contributed by atoms with E-state index >= 15 is 0 Å². The van der Waals surface area contributed by atoms with E-state index in [4.69, 9.17) is 16.6 Å². The molecule has 2 aromatic heterocycles. The molecule has 1 saturated heterocycles. The molecule has 1 aliphatic carbocycles. The van der Waals surface area contributed by atoms with Gasteiger partial charge < -0.3 is 0 Å². The van der Waals surface area contributed by atoms with Crippen LogP contribution >= 0.6 is 34.7 Å². The van der Waals surface area contributed by atoms with Crippen molar-refractivity contribution in [3.8, 4) is 0 Å². The maximum atomic E-state index is 6.47. The van der Waals surface area contributed by atoms with Crippen molar-refractivity contribution < 1.29 is 0 Å². The summed E-state index contributed by atoms with van der Waals surface area (Å²) in [4.78, 5) is 12.0. The zero-order chi connectivity index (χ0) is 12.8. The van der Waals surface area contributed by atoms with Gasteiger partial charge in [-0.2, -0.15) is 11.8 Å². The highest BCUT2D eigenvalue weighted by atomic mass is 35.5. The van der Waals surface area contributed by atoms with Gasteiger partial charge in [-0.1, -0.05) is 11.6 Å². The average Bonchev–Trinajstić information content (AvgIpc) is 3.05. The van der Waals surface area contributed by atoms with Crippen LogP contribution in [0.5, 0.6) is 0 Å². The molecule has 3 heterocycles. The predicted octanol–water partition coefficient (Wildman–Crippen LogP) is 4.79. The Bertz CT molecular complexity index is 632. The van der Waals surface area contributed by atoms with E-state index in [1.807, 2.05) is 23.1 Å². The molecule has 2 aromatic rings. The van der Waals surface area contributed by atoms with Crippen molar-refractivity contribution in [3.63, 3.8) is 0 Å². The van der Waals surface area contributed by atoms with Crippen LogP contribution in [-0.4, -0.2) is 15.7 Å². The molecule has 5 heteroatoms. The molecule has 0 bridgehead atoms. The van der Waals surface area contributed by atoms with Gasteiger partial charge in [0.15, 0.2) is 0 Å². The third-order valence-electron chi connectivity index (χ3n) is 4.01. The lowest BCUT2D eigenvalue weighted by atomic mass is 9.97. The molecule has 1 aliphatic heterocycles. The molecule has 2 aliphatic rings. The molecule has 100 valence electrons. The molecule has 1 unspecified atom stereocenters. The zero-order valence-corrected chi connectivity index (χ0v) is 13.0. The van der Waals surface area contributed by atoms with Crippen LogP contribution in [0.15, 0.2) is 0 Å². The second-order valence-corrected chi connectivity index (χ2v) is 8.02. The topological polar surface area (TPSA) is 25.8 Å². The molecule has 0 aromatic carbocycles. The van der Waals surface area contributed by atoms with Crippen molar-refractivity contribution in [2.24, 2.45) is 0 Å². The van der Waals surface area contributed by atoms with E-state index in [-0.39, 0.29) is 0 Å². The third kappa shape index (κ3) is 2.08. The van der Waals surface area contributed by atoms with Crippen LogP contribution in [0, 0.1) is 0 Å². The first-order valence-electron chi connectivity index (χ1n) is 6.92. The van der Waals surface area contributed by atoms with Gasteiger partial charge in [-0.25, -0.2) is 9.97 Å². The highest BCUT2D eigenvalue weighted by Crippen LogP contribution is 2.42. The summed E-state index contributed by atoms with van der Waals surface area (Å²) in [6, 6.07) is 0. The Hall–Kier alpha value is -0.320. The van der Waals surface area contributed by atoms with Gasteiger partial charge >= 0.3 is 0 Å². The minimum atomic E-state index is 0.459. The minimum Gasteiger partial charge on any atom is -0.221 e. The molecular formula is C14H15ClN2S2. The van der Waals surface area contributed by atoms with E-state index in [1.165, 1.54) is 48.3 Å². The molecular weight excluding hydrogens is 296 g/mol. The van der Waals surface area contributed by atoms with Gasteiger partial charge in [0.05, 0.1) is 10.6 Å². The van der Waals surface area contributed by atoms with E-state index in [0.29, 0.717) is 10.4 Å². The van der Waals surface area contributed by atoms with Crippen LogP contribution in [0.25, 0.3) is 10.2 Å². The lowest BCUT2D eigenvalue weighted by Crippen LogP contribution is -2.00. The summed E-state index contributed by atoms with van der Waals surface area (Å²) in [6.45, 7) is 0. The van der Waals surface area contributed by atoms with Gasteiger partial charge in [-0.05, 0) is 49.8 Å². The summed E-state index contributed by atoms with van der Waals surface area (Å²) in [5, 5.41) is 2.29. The highest BCUT2D eigenvalue weighted by molar-refractivity contribution is 7.99. The summed E-state index contributed by atoms with van der Waals surface area (Å²) in [6.07, 6.45) is 7.38. The molecule has 1 fully saturated rings. The molecule has 2 nitrogen and oxygen atoms in total. The van der Waals surface area contributed by atoms with Crippen molar-refractivity contribution in [1.29, 1.82) is 0 Å². The fourth-order valence-corrected chi connectivity index (χ4v) is 5.87. The van der Waals surface area contributed by atoms with Crippen molar-refractivity contribution >= 4 is 44.9 Å². The number of aromatic nitrogens is 2. The second kappa shape index (κ2) is 4.90. The molecule has 0 N–H and O–H groups in total. The Morgan fingerprint density at radius 1 is 1.11 bits per heavy atom. The van der Waals surface area contributed by atoms with E-state index in [0.717, 1.165) is 22.5 Å². The third-order valence-corrected chi connectivity index (χ3v) is 6.84. The minimum absolute atomic E-state index is 0.459. The summed E-state index contributed by atoms with van der Waals surface area (Å²) in [5.74, 6) is 2.18. The smallest absolute Gasteiger partial charge is 0.144 e. The van der Waals surface area contributed by atoms with Gasteiger partial charge in [-0.3, -0.25) is 0 Å². The van der Waals surface area contributed by atoms with Gasteiger partial charge in [0.25, 0.3) is 0 Å². The van der Waals surface area contributed by atoms with Gasteiger partial charge in [0.2, 0.25) is 0 Å². The number of thioether (sulfide) groups is 1. The first-order chi connectivity index (χ1) is 9.33. The molecule has 0 radical (unpaired) electrons. The fourth-order valence-electron chi connectivity index (χ4n) is 3.05. The van der Waals surface area contributed by atoms with Crippen LogP contribution in [0.1, 0.15) is 47.2 Å². The number of aryl methyl sites for hydroxylation is 2. The molecule has 19 heavy (non-hydrogen) atoms. The van der Waals surface area contributed by atoms with E-state index in [9.17, 15) is 0 Å². The molecule has 0 spiro atoms. The lowest BCUT2D eigenvalue weighted by Gasteiger charge is -2.11. The number of nitrogens with zero attached hydrogens (tertiary/aromatic N) is 2. The molecule has 4 rings (SSSR count). The van der Waals surface area contributed by atoms with Crippen molar-refractivity contribution in [2.45, 2.75) is 43.8 Å². The summed E-state index contributed by atoms with van der Waals surface area (Å²) in [7, 11) is 0. The summed E-state index contributed by atoms with van der Waals surface area (Å²) in [5.41, 5.74) is 1.43. The van der Waals surface area contributed by atoms with Crippen LogP contribution in [0.2, 0.25) is 5.15 Å². The van der Waals surface area contributed by atoms with Crippen LogP contribution < -0.4 is 0 Å². The van der Waals surface area contributed by atoms with Crippen LogP contribution in [0.3, 0.4) is 0 Å². The first kappa shape index (κ1) is 12.4. The predicted molar refractivity (Wildman–Crippen MR) is 83.5 cm³/mol. The van der Waals surface area contributed by atoms with Crippen molar-refractivity contribution in [3.05, 3.63) is 21.4 Å². The van der Waals surface area contributed by atoms with Crippen molar-refractivity contribution in [1.82, 2.24) is 9.97 Å². The maximum absolute atomic E-state index is 6.47. The Kier molecular flexibility index (Phi) is 3.20. The van der Waals surface area contributed by atoms with Crippen LogP contribution in [-0.2, 0) is 12.8 Å². The number of halogens is 1. The Morgan fingerprint density at radius 3 is 2.84 bits per heavy atom. The standard InChI is InChI=1S/C14H15ClN2S2/c15-12-11-8-4-1-2-5-9(8)19-14(11)17-13(16-12)10-6-3-7-18-10/h10H,1-7H2. The maximum Gasteiger partial charge on any atom is 0.144 e. The number of fused-ring (bicyclic) bond motifs is 3. The Labute approximate surface area is 126 Å². The van der Waals surface area contributed by atoms with E-state index < -0.39 is 0 Å². The largest absolute Gasteiger partial charge is 0.221 e. The normalized spacial score (nSPS) is 22.9. The number of hydrogen-bond donors (Lipinski definition) is 0. The fraction of sp³-hybridized carbons (Fsp3) is 0.571. The highest BCUT2D eigenvalue weighted by Gasteiger charge is 2.25. The van der Waals surface area contributed by atoms with Crippen molar-refractivity contribution in [2.75, 3.05) is 5.75 Å². The van der Waals surface area contributed by atoms with E-state index in [1.54, 1.807) is 0 Å². The molecule has 1 atom stereocenters. The van der Waals surface area contributed by atoms with Gasteiger partial charge in [-0.15, -0.1) is 11.3 Å². The first-order valence-corrected chi connectivity index (χ1v) is 9.16. The summed E-state index contributed by atoms with van der Waals surface area (Å²) >= 11 is 10.3. The SMILES string of the molecule is Clc1nc(C2CCCS2)nc2sc3c(c12)CCCC3. The van der Waals surface area contributed by atoms with Crippen LogP contribution in [0.4, 0.5) is 0 Å². The second-order valence-electron chi connectivity index (χ2n) is 5.27. The van der Waals surface area contributed by atoms with Gasteiger partial charge in [0.1, 0.15) is 15.8 Å². The van der Waals surface area contributed by atoms with E-state index in [2.05, 4.69) is 4.98 Å². The Balaban J connectivity index is 1.87. The Morgan fingerprint density at radius 2 is 2.00 bits per heavy atom.